The molecule has 0 atom stereocenters. The average Bonchev–Trinajstić information content (AvgIpc) is 2.56. The Hall–Kier alpha value is -0.370. The molecule has 0 radical (unpaired) electrons. The maximum atomic E-state index is 4.47. The van der Waals surface area contributed by atoms with E-state index in [2.05, 4.69) is 38.1 Å². The summed E-state index contributed by atoms with van der Waals surface area (Å²) in [5.74, 6) is 1.30. The second-order valence-electron chi connectivity index (χ2n) is 3.82. The lowest BCUT2D eigenvalue weighted by atomic mass is 10.0. The standard InChI is InChI=1S/C11H19NS/c1-5-9(6-2)11-7-10(8(3)4)12-13-11/h7-9H,5-6H2,1-4H3. The van der Waals surface area contributed by atoms with Crippen molar-refractivity contribution in [3.63, 3.8) is 0 Å². The maximum absolute atomic E-state index is 4.47. The van der Waals surface area contributed by atoms with Crippen LogP contribution in [-0.4, -0.2) is 4.37 Å². The summed E-state index contributed by atoms with van der Waals surface area (Å²) in [5, 5.41) is 0. The van der Waals surface area contributed by atoms with Gasteiger partial charge < -0.3 is 0 Å². The van der Waals surface area contributed by atoms with Gasteiger partial charge in [0.25, 0.3) is 0 Å². The number of hydrogen-bond donors (Lipinski definition) is 0. The number of aromatic nitrogens is 1. The first-order chi connectivity index (χ1) is 6.19. The summed E-state index contributed by atoms with van der Waals surface area (Å²) in [5.41, 5.74) is 1.26. The van der Waals surface area contributed by atoms with Gasteiger partial charge in [-0.25, -0.2) is 0 Å². The van der Waals surface area contributed by atoms with Gasteiger partial charge in [-0.1, -0.05) is 27.7 Å². The minimum atomic E-state index is 0.569. The third-order valence-corrected chi connectivity index (χ3v) is 3.49. The summed E-state index contributed by atoms with van der Waals surface area (Å²) in [6.07, 6.45) is 2.46. The van der Waals surface area contributed by atoms with E-state index in [0.29, 0.717) is 5.92 Å². The molecule has 1 rings (SSSR count). The van der Waals surface area contributed by atoms with Crippen molar-refractivity contribution in [1.29, 1.82) is 0 Å². The highest BCUT2D eigenvalue weighted by Gasteiger charge is 2.12. The molecule has 0 fully saturated rings. The Morgan fingerprint density at radius 3 is 2.31 bits per heavy atom. The topological polar surface area (TPSA) is 12.9 Å². The number of rotatable bonds is 4. The Morgan fingerprint density at radius 1 is 1.31 bits per heavy atom. The average molecular weight is 197 g/mol. The van der Waals surface area contributed by atoms with Crippen LogP contribution < -0.4 is 0 Å². The Kier molecular flexibility index (Phi) is 3.91. The molecule has 0 saturated carbocycles. The lowest BCUT2D eigenvalue weighted by Crippen LogP contribution is -1.91. The van der Waals surface area contributed by atoms with Gasteiger partial charge in [0.05, 0.1) is 5.69 Å². The van der Waals surface area contributed by atoms with E-state index in [1.54, 1.807) is 11.5 Å². The van der Waals surface area contributed by atoms with Gasteiger partial charge in [-0.05, 0) is 42.3 Å². The summed E-state index contributed by atoms with van der Waals surface area (Å²) >= 11 is 1.69. The molecular formula is C11H19NS. The molecule has 2 heteroatoms. The van der Waals surface area contributed by atoms with Crippen molar-refractivity contribution in [2.75, 3.05) is 0 Å². The summed E-state index contributed by atoms with van der Waals surface area (Å²) < 4.78 is 4.47. The van der Waals surface area contributed by atoms with E-state index in [1.165, 1.54) is 23.4 Å². The van der Waals surface area contributed by atoms with E-state index >= 15 is 0 Å². The molecule has 0 unspecified atom stereocenters. The normalized spacial score (nSPS) is 11.5. The van der Waals surface area contributed by atoms with Gasteiger partial charge in [-0.3, -0.25) is 0 Å². The summed E-state index contributed by atoms with van der Waals surface area (Å²) in [7, 11) is 0. The van der Waals surface area contributed by atoms with E-state index in [-0.39, 0.29) is 0 Å². The highest BCUT2D eigenvalue weighted by molar-refractivity contribution is 7.05. The zero-order valence-corrected chi connectivity index (χ0v) is 9.82. The van der Waals surface area contributed by atoms with Gasteiger partial charge >= 0.3 is 0 Å². The monoisotopic (exact) mass is 197 g/mol. The lowest BCUT2D eigenvalue weighted by molar-refractivity contribution is 0.652. The summed E-state index contributed by atoms with van der Waals surface area (Å²) in [6.45, 7) is 8.91. The fraction of sp³-hybridized carbons (Fsp3) is 0.727. The highest BCUT2D eigenvalue weighted by Crippen LogP contribution is 2.29. The molecule has 0 spiro atoms. The SMILES string of the molecule is CCC(CC)c1cc(C(C)C)ns1. The van der Waals surface area contributed by atoms with E-state index in [9.17, 15) is 0 Å². The van der Waals surface area contributed by atoms with Crippen molar-refractivity contribution in [3.05, 3.63) is 16.6 Å². The summed E-state index contributed by atoms with van der Waals surface area (Å²) in [6, 6.07) is 2.28. The quantitative estimate of drug-likeness (QED) is 0.706. The maximum Gasteiger partial charge on any atom is 0.0570 e. The Bertz CT molecular complexity index is 248. The van der Waals surface area contributed by atoms with Crippen LogP contribution in [0.1, 0.15) is 62.9 Å². The van der Waals surface area contributed by atoms with Gasteiger partial charge in [0.1, 0.15) is 0 Å². The molecule has 0 aromatic carbocycles. The first-order valence-electron chi connectivity index (χ1n) is 5.15. The molecule has 74 valence electrons. The molecule has 0 saturated heterocycles. The molecular weight excluding hydrogens is 178 g/mol. The van der Waals surface area contributed by atoms with Crippen molar-refractivity contribution >= 4 is 11.5 Å². The Morgan fingerprint density at radius 2 is 1.92 bits per heavy atom. The lowest BCUT2D eigenvalue weighted by Gasteiger charge is -2.07. The molecule has 0 bridgehead atoms. The third-order valence-electron chi connectivity index (χ3n) is 2.53. The van der Waals surface area contributed by atoms with Crippen LogP contribution in [-0.2, 0) is 0 Å². The van der Waals surface area contributed by atoms with Crippen LogP contribution in [0.15, 0.2) is 6.07 Å². The van der Waals surface area contributed by atoms with Crippen LogP contribution in [0.2, 0.25) is 0 Å². The zero-order chi connectivity index (χ0) is 9.84. The predicted molar refractivity (Wildman–Crippen MR) is 59.5 cm³/mol. The van der Waals surface area contributed by atoms with Crippen molar-refractivity contribution in [3.8, 4) is 0 Å². The third kappa shape index (κ3) is 2.53. The largest absolute Gasteiger partial charge is 0.197 e. The smallest absolute Gasteiger partial charge is 0.0570 e. The minimum Gasteiger partial charge on any atom is -0.197 e. The fourth-order valence-corrected chi connectivity index (χ4v) is 2.59. The summed E-state index contributed by atoms with van der Waals surface area (Å²) in [4.78, 5) is 1.47. The van der Waals surface area contributed by atoms with Gasteiger partial charge in [-0.15, -0.1) is 0 Å². The molecule has 1 heterocycles. The molecule has 1 nitrogen and oxygen atoms in total. The molecule has 0 aliphatic heterocycles. The molecule has 0 aliphatic carbocycles. The number of nitrogens with zero attached hydrogens (tertiary/aromatic N) is 1. The van der Waals surface area contributed by atoms with Crippen LogP contribution >= 0.6 is 11.5 Å². The van der Waals surface area contributed by atoms with Gasteiger partial charge in [0.2, 0.25) is 0 Å². The molecule has 1 aromatic heterocycles. The van der Waals surface area contributed by atoms with Crippen molar-refractivity contribution in [1.82, 2.24) is 4.37 Å². The molecule has 1 aromatic rings. The minimum absolute atomic E-state index is 0.569. The molecule has 0 amide bonds. The van der Waals surface area contributed by atoms with Crippen LogP contribution in [0.3, 0.4) is 0 Å². The first-order valence-corrected chi connectivity index (χ1v) is 5.92. The van der Waals surface area contributed by atoms with E-state index < -0.39 is 0 Å². The second kappa shape index (κ2) is 4.75. The van der Waals surface area contributed by atoms with Gasteiger partial charge in [0.15, 0.2) is 0 Å². The zero-order valence-electron chi connectivity index (χ0n) is 9.00. The van der Waals surface area contributed by atoms with E-state index in [0.717, 1.165) is 5.92 Å². The second-order valence-corrected chi connectivity index (χ2v) is 4.66. The van der Waals surface area contributed by atoms with Crippen molar-refractivity contribution in [2.24, 2.45) is 0 Å². The Balaban J connectivity index is 2.78. The van der Waals surface area contributed by atoms with Gasteiger partial charge in [-0.2, -0.15) is 4.37 Å². The highest BCUT2D eigenvalue weighted by atomic mass is 32.1. The van der Waals surface area contributed by atoms with Crippen LogP contribution in [0.25, 0.3) is 0 Å². The molecule has 0 N–H and O–H groups in total. The van der Waals surface area contributed by atoms with Crippen molar-refractivity contribution < 1.29 is 0 Å². The van der Waals surface area contributed by atoms with Crippen LogP contribution in [0.5, 0.6) is 0 Å². The molecule has 13 heavy (non-hydrogen) atoms. The first kappa shape index (κ1) is 10.7. The van der Waals surface area contributed by atoms with Gasteiger partial charge in [0, 0.05) is 4.88 Å². The van der Waals surface area contributed by atoms with Crippen molar-refractivity contribution in [2.45, 2.75) is 52.4 Å². The predicted octanol–water partition coefficient (Wildman–Crippen LogP) is 4.17. The van der Waals surface area contributed by atoms with Crippen LogP contribution in [0.4, 0.5) is 0 Å². The number of hydrogen-bond acceptors (Lipinski definition) is 2. The van der Waals surface area contributed by atoms with E-state index in [4.69, 9.17) is 0 Å². The van der Waals surface area contributed by atoms with E-state index in [1.807, 2.05) is 0 Å². The van der Waals surface area contributed by atoms with Crippen LogP contribution in [0, 0.1) is 0 Å². The fourth-order valence-electron chi connectivity index (χ4n) is 1.46. The molecule has 0 aliphatic rings. The Labute approximate surface area is 85.4 Å².